The van der Waals surface area contributed by atoms with Crippen molar-refractivity contribution in [2.45, 2.75) is 0 Å². The van der Waals surface area contributed by atoms with Crippen LogP contribution in [0.25, 0.3) is 93.6 Å². The normalized spacial score (nSPS) is 11.9. The maximum absolute atomic E-state index is 2.44. The Balaban J connectivity index is 1.18. The molecule has 0 amide bonds. The van der Waals surface area contributed by atoms with E-state index in [2.05, 4.69) is 202 Å². The molecule has 3 heterocycles. The molecule has 0 aliphatic heterocycles. The topological polar surface area (TPSA) is 14.8 Å². The van der Waals surface area contributed by atoms with Gasteiger partial charge in [-0.3, -0.25) is 0 Å². The minimum Gasteiger partial charge on any atom is -0.309 e. The van der Waals surface area contributed by atoms with Crippen LogP contribution in [0, 0.1) is 0 Å². The molecule has 11 rings (SSSR count). The van der Waals surface area contributed by atoms with Crippen molar-refractivity contribution in [1.82, 2.24) is 13.7 Å². The van der Waals surface area contributed by atoms with Gasteiger partial charge >= 0.3 is 0 Å². The summed E-state index contributed by atoms with van der Waals surface area (Å²) < 4.78 is 7.24. The molecule has 0 N–H and O–H groups in total. The molecule has 0 bridgehead atoms. The Morgan fingerprint density at radius 1 is 0.255 bits per heavy atom. The molecule has 0 spiro atoms. The van der Waals surface area contributed by atoms with Crippen LogP contribution >= 0.6 is 0 Å². The van der Waals surface area contributed by atoms with Gasteiger partial charge in [0.1, 0.15) is 0 Å². The quantitative estimate of drug-likeness (QED) is 0.180. The van der Waals surface area contributed by atoms with Gasteiger partial charge in [-0.25, -0.2) is 0 Å². The van der Waals surface area contributed by atoms with Crippen molar-refractivity contribution >= 4 is 65.4 Å². The number of aromatic nitrogens is 3. The molecule has 3 heteroatoms. The fourth-order valence-electron chi connectivity index (χ4n) is 8.46. The molecule has 238 valence electrons. The Morgan fingerprint density at radius 3 is 0.961 bits per heavy atom. The van der Waals surface area contributed by atoms with E-state index in [1.807, 2.05) is 0 Å². The van der Waals surface area contributed by atoms with Crippen LogP contribution in [0.3, 0.4) is 0 Å². The van der Waals surface area contributed by atoms with Crippen LogP contribution in [0.4, 0.5) is 0 Å². The largest absolute Gasteiger partial charge is 0.309 e. The van der Waals surface area contributed by atoms with Crippen LogP contribution in [0.15, 0.2) is 188 Å². The summed E-state index contributed by atoms with van der Waals surface area (Å²) in [5.41, 5.74) is 13.0. The third-order valence-electron chi connectivity index (χ3n) is 10.7. The maximum atomic E-state index is 2.44. The lowest BCUT2D eigenvalue weighted by atomic mass is 10.0. The van der Waals surface area contributed by atoms with Crippen molar-refractivity contribution in [1.29, 1.82) is 0 Å². The van der Waals surface area contributed by atoms with Gasteiger partial charge in [0.25, 0.3) is 0 Å². The lowest BCUT2D eigenvalue weighted by molar-refractivity contribution is 1.14. The molecular formula is C48H31N3. The lowest BCUT2D eigenvalue weighted by Crippen LogP contribution is -2.01. The smallest absolute Gasteiger partial charge is 0.0542 e. The molecule has 3 nitrogen and oxygen atoms in total. The van der Waals surface area contributed by atoms with Gasteiger partial charge < -0.3 is 13.7 Å². The first-order chi connectivity index (χ1) is 25.3. The number of rotatable bonds is 4. The summed E-state index contributed by atoms with van der Waals surface area (Å²) in [7, 11) is 0. The monoisotopic (exact) mass is 649 g/mol. The second kappa shape index (κ2) is 10.8. The predicted octanol–water partition coefficient (Wildman–Crippen LogP) is 12.6. The van der Waals surface area contributed by atoms with Gasteiger partial charge in [-0.05, 0) is 72.3 Å². The van der Waals surface area contributed by atoms with Gasteiger partial charge in [0.05, 0.1) is 38.8 Å². The number of fused-ring (bicyclic) bond motifs is 9. The number of hydrogen-bond donors (Lipinski definition) is 0. The van der Waals surface area contributed by atoms with Crippen LogP contribution < -0.4 is 0 Å². The molecule has 51 heavy (non-hydrogen) atoms. The average Bonchev–Trinajstić information content (AvgIpc) is 3.84. The van der Waals surface area contributed by atoms with E-state index in [1.54, 1.807) is 0 Å². The van der Waals surface area contributed by atoms with E-state index in [0.717, 1.165) is 17.1 Å². The van der Waals surface area contributed by atoms with Gasteiger partial charge in [-0.1, -0.05) is 121 Å². The Morgan fingerprint density at radius 2 is 0.569 bits per heavy atom. The van der Waals surface area contributed by atoms with E-state index in [4.69, 9.17) is 0 Å². The number of benzene rings is 8. The van der Waals surface area contributed by atoms with Crippen molar-refractivity contribution in [2.24, 2.45) is 0 Å². The number of nitrogens with zero attached hydrogens (tertiary/aromatic N) is 3. The number of hydrogen-bond acceptors (Lipinski definition) is 0. The Hall–Kier alpha value is -6.84. The minimum absolute atomic E-state index is 1.14. The Kier molecular flexibility index (Phi) is 5.96. The van der Waals surface area contributed by atoms with Gasteiger partial charge in [-0.15, -0.1) is 0 Å². The molecule has 8 aromatic carbocycles. The highest BCUT2D eigenvalue weighted by Crippen LogP contribution is 2.40. The van der Waals surface area contributed by atoms with E-state index < -0.39 is 0 Å². The van der Waals surface area contributed by atoms with Gasteiger partial charge in [0, 0.05) is 49.3 Å². The molecule has 0 unspecified atom stereocenters. The highest BCUT2D eigenvalue weighted by atomic mass is 15.0. The second-order valence-electron chi connectivity index (χ2n) is 13.4. The SMILES string of the molecule is c1ccc2c(c1)c1ccccc1n2-c1ccc(-c2cc(-n3c4ccccc4c4ccccc43)ccc2-n2c3ccccc3c3ccccc32)cc1. The summed E-state index contributed by atoms with van der Waals surface area (Å²) >= 11 is 0. The van der Waals surface area contributed by atoms with Gasteiger partial charge in [-0.2, -0.15) is 0 Å². The standard InChI is InChI=1S/C48H31N3/c1-7-19-42-35(13-1)36-14-2-8-20-43(36)49(42)33-27-25-32(26-28-33)41-31-34(50-44-21-9-3-15-37(44)38-16-4-10-22-45(38)50)29-30-48(41)51-46-23-11-5-17-39(46)40-18-6-12-24-47(40)51/h1-31H. The van der Waals surface area contributed by atoms with Crippen LogP contribution in [0.2, 0.25) is 0 Å². The summed E-state index contributed by atoms with van der Waals surface area (Å²) in [4.78, 5) is 0. The summed E-state index contributed by atoms with van der Waals surface area (Å²) in [6.45, 7) is 0. The van der Waals surface area contributed by atoms with Crippen molar-refractivity contribution in [2.75, 3.05) is 0 Å². The van der Waals surface area contributed by atoms with Crippen LogP contribution in [-0.4, -0.2) is 13.7 Å². The van der Waals surface area contributed by atoms with Crippen molar-refractivity contribution in [3.8, 4) is 28.2 Å². The van der Waals surface area contributed by atoms with Gasteiger partial charge in [0.15, 0.2) is 0 Å². The maximum Gasteiger partial charge on any atom is 0.0542 e. The number of para-hydroxylation sites is 6. The van der Waals surface area contributed by atoms with Crippen LogP contribution in [-0.2, 0) is 0 Å². The summed E-state index contributed by atoms with van der Waals surface area (Å²) in [6, 6.07) is 68.5. The summed E-state index contributed by atoms with van der Waals surface area (Å²) in [5, 5.41) is 7.57. The van der Waals surface area contributed by atoms with Crippen molar-refractivity contribution < 1.29 is 0 Å². The molecule has 0 saturated carbocycles. The predicted molar refractivity (Wildman–Crippen MR) is 215 cm³/mol. The summed E-state index contributed by atoms with van der Waals surface area (Å²) in [6.07, 6.45) is 0. The minimum atomic E-state index is 1.14. The first-order valence-electron chi connectivity index (χ1n) is 17.5. The first kappa shape index (κ1) is 28.0. The Bertz CT molecular complexity index is 2970. The molecule has 0 saturated heterocycles. The van der Waals surface area contributed by atoms with E-state index in [9.17, 15) is 0 Å². The fraction of sp³-hybridized carbons (Fsp3) is 0. The van der Waals surface area contributed by atoms with Crippen LogP contribution in [0.5, 0.6) is 0 Å². The molecule has 0 atom stereocenters. The third kappa shape index (κ3) is 4.06. The zero-order chi connectivity index (χ0) is 33.5. The summed E-state index contributed by atoms with van der Waals surface area (Å²) in [5.74, 6) is 0. The zero-order valence-electron chi connectivity index (χ0n) is 27.7. The van der Waals surface area contributed by atoms with Crippen LogP contribution in [0.1, 0.15) is 0 Å². The van der Waals surface area contributed by atoms with E-state index >= 15 is 0 Å². The first-order valence-corrected chi connectivity index (χ1v) is 17.5. The highest BCUT2D eigenvalue weighted by molar-refractivity contribution is 6.11. The van der Waals surface area contributed by atoms with E-state index in [1.165, 1.54) is 76.5 Å². The zero-order valence-corrected chi connectivity index (χ0v) is 27.7. The highest BCUT2D eigenvalue weighted by Gasteiger charge is 2.19. The van der Waals surface area contributed by atoms with E-state index in [0.29, 0.717) is 0 Å². The Labute approximate surface area is 294 Å². The molecule has 0 radical (unpaired) electrons. The van der Waals surface area contributed by atoms with Crippen molar-refractivity contribution in [3.63, 3.8) is 0 Å². The van der Waals surface area contributed by atoms with Crippen molar-refractivity contribution in [3.05, 3.63) is 188 Å². The van der Waals surface area contributed by atoms with E-state index in [-0.39, 0.29) is 0 Å². The molecule has 0 aliphatic rings. The average molecular weight is 650 g/mol. The molecular weight excluding hydrogens is 619 g/mol. The molecule has 0 fully saturated rings. The third-order valence-corrected chi connectivity index (χ3v) is 10.7. The fourth-order valence-corrected chi connectivity index (χ4v) is 8.46. The van der Waals surface area contributed by atoms with Gasteiger partial charge in [0.2, 0.25) is 0 Å². The lowest BCUT2D eigenvalue weighted by Gasteiger charge is -2.18. The second-order valence-corrected chi connectivity index (χ2v) is 13.4. The molecule has 3 aromatic heterocycles. The molecule has 0 aliphatic carbocycles. The molecule has 11 aromatic rings.